The molecule has 0 unspecified atom stereocenters. The van der Waals surface area contributed by atoms with Crippen LogP contribution in [0.15, 0.2) is 18.2 Å². The van der Waals surface area contributed by atoms with Gasteiger partial charge in [-0.25, -0.2) is 9.97 Å². The van der Waals surface area contributed by atoms with Crippen molar-refractivity contribution in [3.8, 4) is 0 Å². The van der Waals surface area contributed by atoms with E-state index in [0.29, 0.717) is 5.56 Å². The molecule has 1 aromatic carbocycles. The fourth-order valence-electron chi connectivity index (χ4n) is 6.30. The van der Waals surface area contributed by atoms with E-state index in [1.54, 1.807) is 58.0 Å². The molecule has 3 heterocycles. The topological polar surface area (TPSA) is 124 Å². The van der Waals surface area contributed by atoms with E-state index in [0.717, 1.165) is 32.1 Å². The summed E-state index contributed by atoms with van der Waals surface area (Å²) < 4.78 is 42.3. The van der Waals surface area contributed by atoms with Crippen LogP contribution in [0.5, 0.6) is 0 Å². The molecule has 51 heavy (non-hydrogen) atoms. The van der Waals surface area contributed by atoms with Crippen LogP contribution in [0.2, 0.25) is 10.0 Å². The van der Waals surface area contributed by atoms with Crippen molar-refractivity contribution in [1.29, 1.82) is 0 Å². The molecule has 3 amide bonds. The Balaban J connectivity index is 1.58. The van der Waals surface area contributed by atoms with Crippen LogP contribution in [0, 0.1) is 11.3 Å². The zero-order valence-electron chi connectivity index (χ0n) is 29.5. The zero-order chi connectivity index (χ0) is 37.2. The Morgan fingerprint density at radius 2 is 1.65 bits per heavy atom. The van der Waals surface area contributed by atoms with Gasteiger partial charge in [0.1, 0.15) is 17.9 Å². The van der Waals surface area contributed by atoms with Crippen molar-refractivity contribution in [2.45, 2.75) is 91.0 Å². The summed E-state index contributed by atoms with van der Waals surface area (Å²) in [5, 5.41) is 9.62. The van der Waals surface area contributed by atoms with Gasteiger partial charge in [-0.15, -0.1) is 0 Å². The van der Waals surface area contributed by atoms with Gasteiger partial charge in [-0.3, -0.25) is 19.0 Å². The zero-order valence-corrected chi connectivity index (χ0v) is 31.0. The molecule has 2 fully saturated rings. The minimum Gasteiger partial charge on any atom is -0.356 e. The summed E-state index contributed by atoms with van der Waals surface area (Å²) in [5.41, 5.74) is 0.970. The molecule has 5 rings (SSSR count). The molecule has 3 N–H and O–H groups in total. The van der Waals surface area contributed by atoms with Crippen LogP contribution in [-0.4, -0.2) is 76.6 Å². The van der Waals surface area contributed by atoms with Gasteiger partial charge in [0.05, 0.1) is 27.2 Å². The average Bonchev–Trinajstić information content (AvgIpc) is 3.40. The number of rotatable bonds is 9. The van der Waals surface area contributed by atoms with Crippen molar-refractivity contribution in [2.24, 2.45) is 11.3 Å². The highest BCUT2D eigenvalue weighted by atomic mass is 35.5. The number of likely N-dealkylation sites (N-methyl/N-ethyl adjacent to an activating group) is 1. The van der Waals surface area contributed by atoms with Gasteiger partial charge in [0.2, 0.25) is 17.8 Å². The fraction of sp³-hybridized carbons (Fsp3) is 0.571. The molecule has 0 bridgehead atoms. The molecule has 1 saturated heterocycles. The van der Waals surface area contributed by atoms with Crippen LogP contribution in [0.1, 0.15) is 81.6 Å². The molecule has 278 valence electrons. The highest BCUT2D eigenvalue weighted by Gasteiger charge is 2.42. The predicted molar refractivity (Wildman–Crippen MR) is 193 cm³/mol. The number of nitrogens with one attached hydrogen (secondary N) is 3. The Bertz CT molecular complexity index is 1780. The first-order chi connectivity index (χ1) is 23.9. The lowest BCUT2D eigenvalue weighted by molar-refractivity contribution is -0.179. The molecule has 0 radical (unpaired) electrons. The third-order valence-corrected chi connectivity index (χ3v) is 10.2. The lowest BCUT2D eigenvalue weighted by Gasteiger charge is -2.34. The third kappa shape index (κ3) is 9.00. The largest absolute Gasteiger partial charge is 0.391 e. The predicted octanol–water partition coefficient (Wildman–Crippen LogP) is 7.07. The van der Waals surface area contributed by atoms with Crippen molar-refractivity contribution >= 4 is 69.5 Å². The van der Waals surface area contributed by atoms with E-state index in [1.807, 2.05) is 0 Å². The Morgan fingerprint density at radius 3 is 2.25 bits per heavy atom. The number of aromatic nitrogens is 3. The van der Waals surface area contributed by atoms with Gasteiger partial charge in [0, 0.05) is 45.2 Å². The van der Waals surface area contributed by atoms with E-state index in [4.69, 9.17) is 33.2 Å². The number of hydrogen-bond acceptors (Lipinski definition) is 7. The Morgan fingerprint density at radius 1 is 0.980 bits per heavy atom. The molecule has 1 aliphatic heterocycles. The van der Waals surface area contributed by atoms with E-state index >= 15 is 0 Å². The highest BCUT2D eigenvalue weighted by Crippen LogP contribution is 2.39. The maximum Gasteiger partial charge on any atom is 0.391 e. The fourth-order valence-corrected chi connectivity index (χ4v) is 6.83. The van der Waals surface area contributed by atoms with Crippen molar-refractivity contribution in [3.63, 3.8) is 0 Å². The van der Waals surface area contributed by atoms with Gasteiger partial charge in [-0.2, -0.15) is 13.2 Å². The number of hydrogen-bond donors (Lipinski definition) is 3. The van der Waals surface area contributed by atoms with Crippen molar-refractivity contribution in [2.75, 3.05) is 37.4 Å². The number of carbonyl (C=O) groups is 3. The first kappa shape index (κ1) is 38.5. The summed E-state index contributed by atoms with van der Waals surface area (Å²) in [6, 6.07) is 4.88. The second kappa shape index (κ2) is 15.4. The molecule has 2 aromatic heterocycles. The minimum atomic E-state index is -4.31. The number of alkyl halides is 3. The standard InChI is InChI=1S/C35H45Cl2F3N8O3/c1-34(2,3)32(51)41-18-20-11-12-24(36)28(27(20)37)44-33-43-25-17-23(31(50)42-22-9-7-6-8-10-22)29(45-30(25)48(33)19-26(49)46(4)5)47-15-13-21(14-16-47)35(38,39)40/h11-12,17,21-22H,6-10,13-16,18-19H2,1-5H3,(H,41,51)(H,42,50)(H,43,44). The van der Waals surface area contributed by atoms with Gasteiger partial charge in [0.25, 0.3) is 5.91 Å². The number of carbonyl (C=O) groups excluding carboxylic acids is 3. The summed E-state index contributed by atoms with van der Waals surface area (Å²) in [7, 11) is 3.21. The smallest absolute Gasteiger partial charge is 0.356 e. The van der Waals surface area contributed by atoms with E-state index < -0.39 is 17.5 Å². The van der Waals surface area contributed by atoms with Gasteiger partial charge in [-0.1, -0.05) is 69.3 Å². The molecule has 2 aliphatic rings. The second-order valence-electron chi connectivity index (χ2n) is 14.6. The van der Waals surface area contributed by atoms with Gasteiger partial charge >= 0.3 is 6.18 Å². The van der Waals surface area contributed by atoms with E-state index in [2.05, 4.69) is 16.0 Å². The van der Waals surface area contributed by atoms with Crippen LogP contribution < -0.4 is 20.9 Å². The number of fused-ring (bicyclic) bond motifs is 1. The summed E-state index contributed by atoms with van der Waals surface area (Å²) in [5.74, 6) is -1.90. The number of imidazole rings is 1. The maximum atomic E-state index is 13.9. The van der Waals surface area contributed by atoms with Crippen LogP contribution in [0.4, 0.5) is 30.6 Å². The summed E-state index contributed by atoms with van der Waals surface area (Å²) >= 11 is 13.5. The number of piperidine rings is 1. The molecule has 0 atom stereocenters. The highest BCUT2D eigenvalue weighted by molar-refractivity contribution is 6.39. The Hall–Kier alpha value is -3.78. The van der Waals surface area contributed by atoms with E-state index in [1.165, 1.54) is 9.47 Å². The quantitative estimate of drug-likeness (QED) is 0.214. The molecule has 16 heteroatoms. The van der Waals surface area contributed by atoms with Crippen molar-refractivity contribution in [1.82, 2.24) is 30.1 Å². The number of anilines is 3. The lowest BCUT2D eigenvalue weighted by Crippen LogP contribution is -2.41. The van der Waals surface area contributed by atoms with Crippen LogP contribution in [0.25, 0.3) is 11.2 Å². The maximum absolute atomic E-state index is 13.9. The molecular weight excluding hydrogens is 708 g/mol. The molecule has 11 nitrogen and oxygen atoms in total. The molecule has 3 aromatic rings. The minimum absolute atomic E-state index is 0.0250. The number of halogens is 5. The summed E-state index contributed by atoms with van der Waals surface area (Å²) in [6.45, 7) is 5.41. The van der Waals surface area contributed by atoms with Crippen molar-refractivity contribution in [3.05, 3.63) is 39.4 Å². The molecule has 1 aliphatic carbocycles. The number of amides is 3. The number of pyridine rings is 1. The second-order valence-corrected chi connectivity index (χ2v) is 15.4. The van der Waals surface area contributed by atoms with Gasteiger partial charge < -0.3 is 25.8 Å². The SMILES string of the molecule is CN(C)C(=O)Cn1c(Nc2c(Cl)ccc(CNC(=O)C(C)(C)C)c2Cl)nc2cc(C(=O)NC3CCCCC3)c(N3CCC(C(F)(F)F)CC3)nc21. The van der Waals surface area contributed by atoms with Crippen LogP contribution in [-0.2, 0) is 22.7 Å². The lowest BCUT2D eigenvalue weighted by atomic mass is 9.95. The average molecular weight is 754 g/mol. The first-order valence-corrected chi connectivity index (χ1v) is 18.0. The molecule has 0 spiro atoms. The first-order valence-electron chi connectivity index (χ1n) is 17.2. The van der Waals surface area contributed by atoms with E-state index in [9.17, 15) is 27.6 Å². The summed E-state index contributed by atoms with van der Waals surface area (Å²) in [6.07, 6.45) is 0.175. The van der Waals surface area contributed by atoms with Crippen LogP contribution in [0.3, 0.4) is 0 Å². The third-order valence-electron chi connectivity index (χ3n) is 9.46. The Labute approximate surface area is 305 Å². The van der Waals surface area contributed by atoms with Crippen molar-refractivity contribution < 1.29 is 27.6 Å². The summed E-state index contributed by atoms with van der Waals surface area (Å²) in [4.78, 5) is 52.3. The number of nitrogens with zero attached hydrogens (tertiary/aromatic N) is 5. The molecular formula is C35H45Cl2F3N8O3. The molecule has 1 saturated carbocycles. The van der Waals surface area contributed by atoms with Gasteiger partial charge in [-0.05, 0) is 43.4 Å². The van der Waals surface area contributed by atoms with E-state index in [-0.39, 0.29) is 107 Å². The normalized spacial score (nSPS) is 16.3. The number of benzene rings is 1. The Kier molecular flexibility index (Phi) is 11.6. The monoisotopic (exact) mass is 752 g/mol. The van der Waals surface area contributed by atoms with Crippen LogP contribution >= 0.6 is 23.2 Å². The van der Waals surface area contributed by atoms with Gasteiger partial charge in [0.15, 0.2) is 5.65 Å².